The molecule has 2 aromatic carbocycles. The second kappa shape index (κ2) is 12.4. The third-order valence-electron chi connectivity index (χ3n) is 4.00. The Morgan fingerprint density at radius 2 is 1.60 bits per heavy atom. The van der Waals surface area contributed by atoms with Gasteiger partial charge in [0, 0.05) is 6.07 Å². The van der Waals surface area contributed by atoms with Gasteiger partial charge in [0.15, 0.2) is 0 Å². The Morgan fingerprint density at radius 3 is 2.23 bits per heavy atom. The first-order chi connectivity index (χ1) is 14.6. The number of rotatable bonds is 11. The number of hydrogen-bond acceptors (Lipinski definition) is 7. The van der Waals surface area contributed by atoms with Crippen molar-refractivity contribution in [1.82, 2.24) is 0 Å². The predicted molar refractivity (Wildman–Crippen MR) is 114 cm³/mol. The Balaban J connectivity index is 2.08. The Morgan fingerprint density at radius 1 is 0.900 bits per heavy atom. The lowest BCUT2D eigenvalue weighted by Crippen LogP contribution is -2.17. The third-order valence-corrected chi connectivity index (χ3v) is 4.00. The minimum Gasteiger partial charge on any atom is -0.497 e. The average molecular weight is 417 g/mol. The molecule has 0 heterocycles. The lowest BCUT2D eigenvalue weighted by atomic mass is 10.1. The van der Waals surface area contributed by atoms with Crippen LogP contribution in [0.25, 0.3) is 12.2 Å². The predicted octanol–water partition coefficient (Wildman–Crippen LogP) is 3.44. The lowest BCUT2D eigenvalue weighted by Gasteiger charge is -2.11. The number of anilines is 1. The molecule has 0 fully saturated rings. The van der Waals surface area contributed by atoms with Gasteiger partial charge in [-0.3, -0.25) is 5.32 Å². The molecule has 8 heteroatoms. The van der Waals surface area contributed by atoms with Gasteiger partial charge < -0.3 is 28.8 Å². The fourth-order valence-corrected chi connectivity index (χ4v) is 2.55. The highest BCUT2D eigenvalue weighted by Crippen LogP contribution is 2.28. The number of amides is 1. The maximum atomic E-state index is 12.0. The monoisotopic (exact) mass is 417 g/mol. The summed E-state index contributed by atoms with van der Waals surface area (Å²) in [5, 5.41) is 11.3. The van der Waals surface area contributed by atoms with Crippen LogP contribution in [0.1, 0.15) is 11.1 Å². The third kappa shape index (κ3) is 7.31. The van der Waals surface area contributed by atoms with E-state index in [2.05, 4.69) is 5.32 Å². The first-order valence-corrected chi connectivity index (χ1v) is 9.31. The lowest BCUT2D eigenvalue weighted by molar-refractivity contribution is 0.0572. The van der Waals surface area contributed by atoms with Crippen LogP contribution in [0.2, 0.25) is 0 Å². The number of hydrogen-bond donors (Lipinski definition) is 2. The summed E-state index contributed by atoms with van der Waals surface area (Å²) in [6, 6.07) is 11.0. The molecule has 0 aliphatic rings. The molecule has 0 aliphatic heterocycles. The molecular formula is C22H27NO7. The summed E-state index contributed by atoms with van der Waals surface area (Å²) in [4.78, 5) is 12.0. The second-order valence-corrected chi connectivity index (χ2v) is 6.04. The first kappa shape index (κ1) is 23.1. The molecule has 0 saturated heterocycles. The molecule has 2 rings (SSSR count). The summed E-state index contributed by atoms with van der Waals surface area (Å²) in [5.41, 5.74) is 2.22. The number of carbonyl (C=O) groups is 1. The van der Waals surface area contributed by atoms with Crippen LogP contribution in [-0.2, 0) is 9.47 Å². The quantitative estimate of drug-likeness (QED) is 0.427. The molecule has 0 aromatic heterocycles. The van der Waals surface area contributed by atoms with Crippen LogP contribution in [-0.4, -0.2) is 59.0 Å². The van der Waals surface area contributed by atoms with E-state index in [0.29, 0.717) is 22.9 Å². The SMILES string of the molecule is COc1cc(C=Cc2ccc(OC)c(NC(=O)OCCOCCO)c2)cc(OC)c1. The molecule has 162 valence electrons. The van der Waals surface area contributed by atoms with Gasteiger partial charge >= 0.3 is 6.09 Å². The molecule has 0 saturated carbocycles. The van der Waals surface area contributed by atoms with Gasteiger partial charge in [0.1, 0.15) is 23.9 Å². The summed E-state index contributed by atoms with van der Waals surface area (Å²) >= 11 is 0. The Kier molecular flexibility index (Phi) is 9.50. The number of aliphatic hydroxyl groups excluding tert-OH is 1. The molecule has 2 aromatic rings. The van der Waals surface area contributed by atoms with Gasteiger partial charge in [-0.15, -0.1) is 0 Å². The Hall–Kier alpha value is -3.23. The molecule has 0 aliphatic carbocycles. The van der Waals surface area contributed by atoms with Crippen LogP contribution in [0, 0.1) is 0 Å². The van der Waals surface area contributed by atoms with Crippen LogP contribution < -0.4 is 19.5 Å². The highest BCUT2D eigenvalue weighted by atomic mass is 16.6. The first-order valence-electron chi connectivity index (χ1n) is 9.31. The largest absolute Gasteiger partial charge is 0.497 e. The fraction of sp³-hybridized carbons (Fsp3) is 0.318. The number of benzene rings is 2. The van der Waals surface area contributed by atoms with Gasteiger partial charge in [-0.05, 0) is 35.4 Å². The number of carbonyl (C=O) groups excluding carboxylic acids is 1. The molecule has 0 bridgehead atoms. The van der Waals surface area contributed by atoms with E-state index in [4.69, 9.17) is 28.8 Å². The molecule has 0 radical (unpaired) electrons. The summed E-state index contributed by atoms with van der Waals surface area (Å²) in [7, 11) is 4.72. The van der Waals surface area contributed by atoms with Gasteiger partial charge in [-0.1, -0.05) is 18.2 Å². The van der Waals surface area contributed by atoms with Crippen molar-refractivity contribution in [3.05, 3.63) is 47.5 Å². The normalized spacial score (nSPS) is 10.7. The van der Waals surface area contributed by atoms with Crippen LogP contribution >= 0.6 is 0 Å². The van der Waals surface area contributed by atoms with Crippen molar-refractivity contribution in [3.63, 3.8) is 0 Å². The molecule has 0 unspecified atom stereocenters. The van der Waals surface area contributed by atoms with E-state index in [1.807, 2.05) is 30.4 Å². The molecule has 0 atom stereocenters. The van der Waals surface area contributed by atoms with Crippen molar-refractivity contribution in [2.45, 2.75) is 0 Å². The van der Waals surface area contributed by atoms with Gasteiger partial charge in [-0.25, -0.2) is 4.79 Å². The highest BCUT2D eigenvalue weighted by molar-refractivity contribution is 5.88. The van der Waals surface area contributed by atoms with E-state index in [1.54, 1.807) is 32.4 Å². The zero-order valence-electron chi connectivity index (χ0n) is 17.3. The Bertz CT molecular complexity index is 829. The van der Waals surface area contributed by atoms with E-state index in [1.165, 1.54) is 7.11 Å². The maximum Gasteiger partial charge on any atom is 0.411 e. The number of methoxy groups -OCH3 is 3. The summed E-state index contributed by atoms with van der Waals surface area (Å²) in [6.45, 7) is 0.405. The molecule has 1 amide bonds. The maximum absolute atomic E-state index is 12.0. The summed E-state index contributed by atoms with van der Waals surface area (Å²) in [6.07, 6.45) is 3.18. The van der Waals surface area contributed by atoms with Crippen LogP contribution in [0.3, 0.4) is 0 Å². The number of nitrogens with one attached hydrogen (secondary N) is 1. The van der Waals surface area contributed by atoms with Crippen molar-refractivity contribution >= 4 is 23.9 Å². The molecule has 30 heavy (non-hydrogen) atoms. The molecule has 2 N–H and O–H groups in total. The topological polar surface area (TPSA) is 95.5 Å². The Labute approximate surface area is 176 Å². The van der Waals surface area contributed by atoms with Crippen LogP contribution in [0.5, 0.6) is 17.2 Å². The highest BCUT2D eigenvalue weighted by Gasteiger charge is 2.09. The zero-order chi connectivity index (χ0) is 21.8. The van der Waals surface area contributed by atoms with E-state index in [9.17, 15) is 4.79 Å². The van der Waals surface area contributed by atoms with E-state index in [0.717, 1.165) is 11.1 Å². The summed E-state index contributed by atoms with van der Waals surface area (Å²) in [5.74, 6) is 1.89. The standard InChI is InChI=1S/C22H27NO7/c1-26-18-12-17(13-19(15-18)27-2)5-4-16-6-7-21(28-3)20(14-16)23-22(25)30-11-10-29-9-8-24/h4-7,12-15,24H,8-11H2,1-3H3,(H,23,25). The minimum atomic E-state index is -0.625. The van der Waals surface area contributed by atoms with Gasteiger partial charge in [-0.2, -0.15) is 0 Å². The van der Waals surface area contributed by atoms with E-state index >= 15 is 0 Å². The van der Waals surface area contributed by atoms with Gasteiger partial charge in [0.05, 0.1) is 46.8 Å². The van der Waals surface area contributed by atoms with Gasteiger partial charge in [0.2, 0.25) is 0 Å². The second-order valence-electron chi connectivity index (χ2n) is 6.04. The minimum absolute atomic E-state index is 0.0748. The van der Waals surface area contributed by atoms with Crippen molar-refractivity contribution < 1.29 is 33.6 Å². The molecule has 0 spiro atoms. The molecule has 8 nitrogen and oxygen atoms in total. The van der Waals surface area contributed by atoms with Crippen LogP contribution in [0.4, 0.5) is 10.5 Å². The smallest absolute Gasteiger partial charge is 0.411 e. The van der Waals surface area contributed by atoms with Crippen molar-refractivity contribution in [2.75, 3.05) is 53.1 Å². The van der Waals surface area contributed by atoms with Crippen molar-refractivity contribution in [2.24, 2.45) is 0 Å². The van der Waals surface area contributed by atoms with Gasteiger partial charge in [0.25, 0.3) is 0 Å². The van der Waals surface area contributed by atoms with E-state index in [-0.39, 0.29) is 26.4 Å². The van der Waals surface area contributed by atoms with Crippen LogP contribution in [0.15, 0.2) is 36.4 Å². The summed E-state index contributed by atoms with van der Waals surface area (Å²) < 4.78 is 26.0. The number of ether oxygens (including phenoxy) is 5. The van der Waals surface area contributed by atoms with E-state index < -0.39 is 6.09 Å². The fourth-order valence-electron chi connectivity index (χ4n) is 2.55. The van der Waals surface area contributed by atoms with Crippen molar-refractivity contribution in [1.29, 1.82) is 0 Å². The zero-order valence-corrected chi connectivity index (χ0v) is 17.3. The average Bonchev–Trinajstić information content (AvgIpc) is 2.77. The molecular weight excluding hydrogens is 390 g/mol. The van der Waals surface area contributed by atoms with Crippen molar-refractivity contribution in [3.8, 4) is 17.2 Å². The number of aliphatic hydroxyl groups is 1.